The van der Waals surface area contributed by atoms with Crippen molar-refractivity contribution < 1.29 is 23.6 Å². The third kappa shape index (κ3) is 3.82. The number of hydrogen-bond acceptors (Lipinski definition) is 3. The molecule has 2 N–H and O–H groups in total. The standard InChI is InChI=1S/C22H24FN3O3/c1-22(16-4-3-5-19(12-16)29-2)20(27)26(21(28)24-22)14-25(18-10-11-18)13-15-6-8-17(23)9-7-15/h3-9,12,18H,10-11,13-14H2,1-2H3,(H,24,28)/p+1/t22-/m1/s1. The number of carbonyl (C=O) groups excluding carboxylic acids is 2. The van der Waals surface area contributed by atoms with Gasteiger partial charge in [-0.3, -0.25) is 4.79 Å². The van der Waals surface area contributed by atoms with Crippen molar-refractivity contribution in [1.29, 1.82) is 0 Å². The van der Waals surface area contributed by atoms with E-state index in [0.29, 0.717) is 23.9 Å². The molecule has 29 heavy (non-hydrogen) atoms. The van der Waals surface area contributed by atoms with Crippen LogP contribution in [-0.2, 0) is 16.9 Å². The summed E-state index contributed by atoms with van der Waals surface area (Å²) in [5.74, 6) is 0.0867. The molecule has 0 aromatic heterocycles. The van der Waals surface area contributed by atoms with Crippen LogP contribution in [0.3, 0.4) is 0 Å². The van der Waals surface area contributed by atoms with Crippen LogP contribution in [0, 0.1) is 5.82 Å². The molecule has 1 aliphatic heterocycles. The molecule has 1 saturated heterocycles. The predicted molar refractivity (Wildman–Crippen MR) is 105 cm³/mol. The molecule has 2 fully saturated rings. The third-order valence-corrected chi connectivity index (χ3v) is 5.78. The lowest BCUT2D eigenvalue weighted by Gasteiger charge is -2.25. The van der Waals surface area contributed by atoms with Crippen molar-refractivity contribution >= 4 is 11.9 Å². The number of carbonyl (C=O) groups is 2. The fraction of sp³-hybridized carbons (Fsp3) is 0.364. The van der Waals surface area contributed by atoms with Gasteiger partial charge in [-0.15, -0.1) is 0 Å². The number of halogens is 1. The normalized spacial score (nSPS) is 22.5. The topological polar surface area (TPSA) is 63.1 Å². The molecule has 7 heteroatoms. The van der Waals surface area contributed by atoms with E-state index in [0.717, 1.165) is 23.3 Å². The summed E-state index contributed by atoms with van der Waals surface area (Å²) in [6, 6.07) is 13.6. The monoisotopic (exact) mass is 398 g/mol. The van der Waals surface area contributed by atoms with E-state index in [4.69, 9.17) is 4.74 Å². The minimum Gasteiger partial charge on any atom is -0.497 e. The van der Waals surface area contributed by atoms with Gasteiger partial charge in [0.15, 0.2) is 6.67 Å². The van der Waals surface area contributed by atoms with E-state index in [-0.39, 0.29) is 18.4 Å². The highest BCUT2D eigenvalue weighted by Crippen LogP contribution is 2.30. The highest BCUT2D eigenvalue weighted by Gasteiger charge is 2.51. The van der Waals surface area contributed by atoms with Gasteiger partial charge in [-0.1, -0.05) is 24.3 Å². The smallest absolute Gasteiger partial charge is 0.329 e. The van der Waals surface area contributed by atoms with Crippen LogP contribution in [0.1, 0.15) is 30.9 Å². The summed E-state index contributed by atoms with van der Waals surface area (Å²) >= 11 is 0. The zero-order valence-corrected chi connectivity index (χ0v) is 16.6. The van der Waals surface area contributed by atoms with Crippen LogP contribution < -0.4 is 15.0 Å². The first kappa shape index (κ1) is 19.4. The van der Waals surface area contributed by atoms with Crippen LogP contribution in [-0.4, -0.2) is 36.7 Å². The Morgan fingerprint density at radius 2 is 1.93 bits per heavy atom. The molecular weight excluding hydrogens is 373 g/mol. The molecule has 0 bridgehead atoms. The Labute approximate surface area is 169 Å². The maximum atomic E-state index is 13.3. The maximum absolute atomic E-state index is 13.3. The first-order valence-corrected chi connectivity index (χ1v) is 9.78. The molecule has 0 spiro atoms. The van der Waals surface area contributed by atoms with Crippen molar-refractivity contribution in [3.05, 3.63) is 65.5 Å². The number of nitrogens with one attached hydrogen (secondary N) is 2. The van der Waals surface area contributed by atoms with Gasteiger partial charge < -0.3 is 15.0 Å². The SMILES string of the molecule is COc1cccc([C@@]2(C)NC(=O)N(C[NH+](Cc3ccc(F)cc3)C3CC3)C2=O)c1. The average Bonchev–Trinajstić information content (AvgIpc) is 3.54. The van der Waals surface area contributed by atoms with E-state index in [1.165, 1.54) is 17.0 Å². The summed E-state index contributed by atoms with van der Waals surface area (Å²) in [7, 11) is 1.56. The van der Waals surface area contributed by atoms with Crippen molar-refractivity contribution in [2.75, 3.05) is 13.8 Å². The van der Waals surface area contributed by atoms with Crippen molar-refractivity contribution in [2.24, 2.45) is 0 Å². The van der Waals surface area contributed by atoms with Gasteiger partial charge in [-0.2, -0.15) is 0 Å². The van der Waals surface area contributed by atoms with Crippen LogP contribution in [0.4, 0.5) is 9.18 Å². The average molecular weight is 398 g/mol. The number of amides is 3. The molecular formula is C22H25FN3O3+. The molecule has 4 rings (SSSR count). The highest BCUT2D eigenvalue weighted by atomic mass is 19.1. The second kappa shape index (κ2) is 7.48. The van der Waals surface area contributed by atoms with Gasteiger partial charge in [0, 0.05) is 18.4 Å². The number of imide groups is 1. The molecule has 1 saturated carbocycles. The highest BCUT2D eigenvalue weighted by molar-refractivity contribution is 6.07. The van der Waals surface area contributed by atoms with Crippen LogP contribution in [0.25, 0.3) is 0 Å². The number of rotatable bonds is 7. The van der Waals surface area contributed by atoms with Crippen molar-refractivity contribution in [2.45, 2.75) is 37.9 Å². The zero-order chi connectivity index (χ0) is 20.6. The Hall–Kier alpha value is -2.93. The van der Waals surface area contributed by atoms with Gasteiger partial charge in [0.1, 0.15) is 23.7 Å². The molecule has 2 aromatic carbocycles. The first-order valence-electron chi connectivity index (χ1n) is 9.78. The Morgan fingerprint density at radius 3 is 2.59 bits per heavy atom. The van der Waals surface area contributed by atoms with E-state index in [1.54, 1.807) is 44.4 Å². The van der Waals surface area contributed by atoms with Gasteiger partial charge in [-0.25, -0.2) is 14.1 Å². The van der Waals surface area contributed by atoms with Crippen LogP contribution in [0.2, 0.25) is 0 Å². The fourth-order valence-electron chi connectivity index (χ4n) is 3.86. The summed E-state index contributed by atoms with van der Waals surface area (Å²) in [4.78, 5) is 28.4. The summed E-state index contributed by atoms with van der Waals surface area (Å²) < 4.78 is 18.5. The number of urea groups is 1. The van der Waals surface area contributed by atoms with Crippen LogP contribution >= 0.6 is 0 Å². The number of benzene rings is 2. The quantitative estimate of drug-likeness (QED) is 0.700. The Bertz CT molecular complexity index is 929. The third-order valence-electron chi connectivity index (χ3n) is 5.78. The van der Waals surface area contributed by atoms with Gasteiger partial charge >= 0.3 is 6.03 Å². The van der Waals surface area contributed by atoms with Crippen molar-refractivity contribution in [3.8, 4) is 5.75 Å². The van der Waals surface area contributed by atoms with E-state index in [9.17, 15) is 14.0 Å². The van der Waals surface area contributed by atoms with Gasteiger partial charge in [0.25, 0.3) is 5.91 Å². The maximum Gasteiger partial charge on any atom is 0.329 e. The number of methoxy groups -OCH3 is 1. The van der Waals surface area contributed by atoms with Crippen molar-refractivity contribution in [3.63, 3.8) is 0 Å². The van der Waals surface area contributed by atoms with E-state index < -0.39 is 11.6 Å². The molecule has 152 valence electrons. The Balaban J connectivity index is 1.53. The largest absolute Gasteiger partial charge is 0.497 e. The lowest BCUT2D eigenvalue weighted by molar-refractivity contribution is -0.931. The molecule has 2 atom stereocenters. The van der Waals surface area contributed by atoms with Gasteiger partial charge in [-0.05, 0) is 36.8 Å². The molecule has 1 heterocycles. The molecule has 2 aliphatic rings. The number of quaternary nitrogens is 1. The lowest BCUT2D eigenvalue weighted by atomic mass is 9.92. The molecule has 2 aromatic rings. The van der Waals surface area contributed by atoms with E-state index >= 15 is 0 Å². The number of nitrogens with zero attached hydrogens (tertiary/aromatic N) is 1. The number of ether oxygens (including phenoxy) is 1. The Morgan fingerprint density at radius 1 is 1.21 bits per heavy atom. The summed E-state index contributed by atoms with van der Waals surface area (Å²) in [6.07, 6.45) is 2.13. The predicted octanol–water partition coefficient (Wildman–Crippen LogP) is 1.81. The van der Waals surface area contributed by atoms with Gasteiger partial charge in [0.05, 0.1) is 13.2 Å². The van der Waals surface area contributed by atoms with Crippen LogP contribution in [0.15, 0.2) is 48.5 Å². The molecule has 6 nitrogen and oxygen atoms in total. The fourth-order valence-corrected chi connectivity index (χ4v) is 3.86. The van der Waals surface area contributed by atoms with Crippen LogP contribution in [0.5, 0.6) is 5.75 Å². The molecule has 1 aliphatic carbocycles. The number of hydrogen-bond donors (Lipinski definition) is 2. The van der Waals surface area contributed by atoms with E-state index in [1.807, 2.05) is 6.07 Å². The Kier molecular flexibility index (Phi) is 5.00. The minimum atomic E-state index is -1.13. The first-order chi connectivity index (χ1) is 13.9. The molecule has 1 unspecified atom stereocenters. The molecule has 3 amide bonds. The second-order valence-electron chi connectivity index (χ2n) is 7.91. The summed E-state index contributed by atoms with van der Waals surface area (Å²) in [6.45, 7) is 2.64. The minimum absolute atomic E-state index is 0.270. The summed E-state index contributed by atoms with van der Waals surface area (Å²) in [5.41, 5.74) is 0.538. The lowest BCUT2D eigenvalue weighted by Crippen LogP contribution is -3.13. The van der Waals surface area contributed by atoms with E-state index in [2.05, 4.69) is 5.32 Å². The second-order valence-corrected chi connectivity index (χ2v) is 7.91. The van der Waals surface area contributed by atoms with Crippen molar-refractivity contribution in [1.82, 2.24) is 10.2 Å². The molecule has 0 radical (unpaired) electrons. The van der Waals surface area contributed by atoms with Gasteiger partial charge in [0.2, 0.25) is 0 Å². The summed E-state index contributed by atoms with van der Waals surface area (Å²) in [5, 5.41) is 2.85. The zero-order valence-electron chi connectivity index (χ0n) is 16.6.